The lowest BCUT2D eigenvalue weighted by molar-refractivity contribution is -0.153. The van der Waals surface area contributed by atoms with Crippen molar-refractivity contribution < 1.29 is 9.47 Å². The topological polar surface area (TPSA) is 44.5 Å². The van der Waals surface area contributed by atoms with Crippen LogP contribution in [0.3, 0.4) is 0 Å². The molecule has 1 aliphatic carbocycles. The molecule has 3 heteroatoms. The summed E-state index contributed by atoms with van der Waals surface area (Å²) in [7, 11) is 0. The molecule has 1 atom stereocenters. The molecular formula is C11H21NO2. The summed E-state index contributed by atoms with van der Waals surface area (Å²) in [4.78, 5) is 0. The highest BCUT2D eigenvalue weighted by molar-refractivity contribution is 4.95. The SMILES string of the molecule is CC1(C)OCC(C2(CN)CCCC2)O1. The van der Waals surface area contributed by atoms with Crippen LogP contribution in [0, 0.1) is 5.41 Å². The molecule has 1 saturated carbocycles. The first-order chi connectivity index (χ1) is 6.58. The highest BCUT2D eigenvalue weighted by atomic mass is 16.7. The van der Waals surface area contributed by atoms with Gasteiger partial charge in [-0.2, -0.15) is 0 Å². The van der Waals surface area contributed by atoms with Crippen LogP contribution in [-0.2, 0) is 9.47 Å². The Balaban J connectivity index is 2.07. The van der Waals surface area contributed by atoms with E-state index in [9.17, 15) is 0 Å². The lowest BCUT2D eigenvalue weighted by Gasteiger charge is -2.33. The van der Waals surface area contributed by atoms with Gasteiger partial charge in [-0.15, -0.1) is 0 Å². The first-order valence-electron chi connectivity index (χ1n) is 5.60. The largest absolute Gasteiger partial charge is 0.348 e. The normalized spacial score (nSPS) is 34.9. The molecule has 1 saturated heterocycles. The molecule has 82 valence electrons. The predicted octanol–water partition coefficient (Wildman–Crippen LogP) is 1.66. The van der Waals surface area contributed by atoms with Crippen molar-refractivity contribution in [3.63, 3.8) is 0 Å². The predicted molar refractivity (Wildman–Crippen MR) is 54.9 cm³/mol. The zero-order chi connectivity index (χ0) is 10.2. The van der Waals surface area contributed by atoms with Crippen LogP contribution in [0.25, 0.3) is 0 Å². The zero-order valence-electron chi connectivity index (χ0n) is 9.21. The van der Waals surface area contributed by atoms with Crippen molar-refractivity contribution in [2.24, 2.45) is 11.1 Å². The number of ether oxygens (including phenoxy) is 2. The van der Waals surface area contributed by atoms with E-state index in [4.69, 9.17) is 15.2 Å². The van der Waals surface area contributed by atoms with Gasteiger partial charge in [0.25, 0.3) is 0 Å². The van der Waals surface area contributed by atoms with Crippen molar-refractivity contribution in [2.75, 3.05) is 13.2 Å². The molecule has 0 aromatic heterocycles. The van der Waals surface area contributed by atoms with Crippen molar-refractivity contribution in [1.29, 1.82) is 0 Å². The van der Waals surface area contributed by atoms with Crippen LogP contribution in [0.1, 0.15) is 39.5 Å². The Labute approximate surface area is 85.9 Å². The fourth-order valence-corrected chi connectivity index (χ4v) is 2.73. The molecule has 3 nitrogen and oxygen atoms in total. The summed E-state index contributed by atoms with van der Waals surface area (Å²) in [6, 6.07) is 0. The molecule has 0 amide bonds. The van der Waals surface area contributed by atoms with Crippen LogP contribution in [0.5, 0.6) is 0 Å². The standard InChI is InChI=1S/C11H21NO2/c1-10(2)13-7-9(14-10)11(8-12)5-3-4-6-11/h9H,3-8,12H2,1-2H3. The molecular weight excluding hydrogens is 178 g/mol. The molecule has 0 aromatic rings. The Bertz CT molecular complexity index is 209. The van der Waals surface area contributed by atoms with Crippen molar-refractivity contribution in [2.45, 2.75) is 51.4 Å². The molecule has 1 heterocycles. The Morgan fingerprint density at radius 2 is 1.93 bits per heavy atom. The van der Waals surface area contributed by atoms with Crippen LogP contribution >= 0.6 is 0 Å². The molecule has 1 unspecified atom stereocenters. The highest BCUT2D eigenvalue weighted by Crippen LogP contribution is 2.45. The Morgan fingerprint density at radius 1 is 1.29 bits per heavy atom. The second kappa shape index (κ2) is 3.47. The average Bonchev–Trinajstić information content (AvgIpc) is 2.72. The Morgan fingerprint density at radius 3 is 2.36 bits per heavy atom. The highest BCUT2D eigenvalue weighted by Gasteiger charge is 2.47. The van der Waals surface area contributed by atoms with Gasteiger partial charge in [-0.25, -0.2) is 0 Å². The third-order valence-corrected chi connectivity index (χ3v) is 3.70. The Kier molecular flexibility index (Phi) is 2.58. The maximum atomic E-state index is 5.92. The first-order valence-corrected chi connectivity index (χ1v) is 5.60. The van der Waals surface area contributed by atoms with Gasteiger partial charge >= 0.3 is 0 Å². The minimum Gasteiger partial charge on any atom is -0.348 e. The molecule has 0 bridgehead atoms. The van der Waals surface area contributed by atoms with Crippen LogP contribution in [-0.4, -0.2) is 25.0 Å². The summed E-state index contributed by atoms with van der Waals surface area (Å²) < 4.78 is 11.5. The zero-order valence-corrected chi connectivity index (χ0v) is 9.21. The smallest absolute Gasteiger partial charge is 0.163 e. The fourth-order valence-electron chi connectivity index (χ4n) is 2.73. The summed E-state index contributed by atoms with van der Waals surface area (Å²) in [6.07, 6.45) is 5.20. The minimum atomic E-state index is -0.407. The molecule has 2 N–H and O–H groups in total. The fraction of sp³-hybridized carbons (Fsp3) is 1.00. The number of hydrogen-bond donors (Lipinski definition) is 1. The third-order valence-electron chi connectivity index (χ3n) is 3.70. The van der Waals surface area contributed by atoms with E-state index in [2.05, 4.69) is 0 Å². The molecule has 1 aliphatic heterocycles. The van der Waals surface area contributed by atoms with Crippen LogP contribution in [0.15, 0.2) is 0 Å². The number of nitrogens with two attached hydrogens (primary N) is 1. The quantitative estimate of drug-likeness (QED) is 0.735. The van der Waals surface area contributed by atoms with Crippen molar-refractivity contribution in [3.8, 4) is 0 Å². The number of hydrogen-bond acceptors (Lipinski definition) is 3. The van der Waals surface area contributed by atoms with Crippen LogP contribution in [0.4, 0.5) is 0 Å². The summed E-state index contributed by atoms with van der Waals surface area (Å²) >= 11 is 0. The van der Waals surface area contributed by atoms with Gasteiger partial charge in [-0.05, 0) is 26.7 Å². The van der Waals surface area contributed by atoms with Gasteiger partial charge in [0.15, 0.2) is 5.79 Å². The molecule has 0 radical (unpaired) electrons. The van der Waals surface area contributed by atoms with Gasteiger partial charge in [0.2, 0.25) is 0 Å². The summed E-state index contributed by atoms with van der Waals surface area (Å²) in [5.41, 5.74) is 6.10. The first kappa shape index (κ1) is 10.4. The summed E-state index contributed by atoms with van der Waals surface area (Å²) in [5, 5.41) is 0. The molecule has 0 spiro atoms. The molecule has 2 aliphatic rings. The van der Waals surface area contributed by atoms with E-state index >= 15 is 0 Å². The van der Waals surface area contributed by atoms with E-state index in [1.807, 2.05) is 13.8 Å². The van der Waals surface area contributed by atoms with Crippen LogP contribution < -0.4 is 5.73 Å². The molecule has 0 aromatic carbocycles. The van der Waals surface area contributed by atoms with Gasteiger partial charge in [-0.1, -0.05) is 12.8 Å². The van der Waals surface area contributed by atoms with Gasteiger partial charge in [-0.3, -0.25) is 0 Å². The minimum absolute atomic E-state index is 0.202. The van der Waals surface area contributed by atoms with E-state index in [-0.39, 0.29) is 11.5 Å². The summed E-state index contributed by atoms with van der Waals surface area (Å²) in [6.45, 7) is 5.40. The van der Waals surface area contributed by atoms with E-state index in [0.29, 0.717) is 6.61 Å². The second-order valence-corrected chi connectivity index (χ2v) is 5.09. The van der Waals surface area contributed by atoms with Gasteiger partial charge in [0, 0.05) is 12.0 Å². The average molecular weight is 199 g/mol. The monoisotopic (exact) mass is 199 g/mol. The number of rotatable bonds is 2. The van der Waals surface area contributed by atoms with E-state index in [0.717, 1.165) is 6.54 Å². The molecule has 2 fully saturated rings. The van der Waals surface area contributed by atoms with E-state index in [1.165, 1.54) is 25.7 Å². The molecule has 2 rings (SSSR count). The van der Waals surface area contributed by atoms with Crippen molar-refractivity contribution in [3.05, 3.63) is 0 Å². The van der Waals surface area contributed by atoms with Gasteiger partial charge in [0.05, 0.1) is 12.7 Å². The lowest BCUT2D eigenvalue weighted by Crippen LogP contribution is -2.41. The second-order valence-electron chi connectivity index (χ2n) is 5.09. The Hall–Kier alpha value is -0.120. The maximum absolute atomic E-state index is 5.92. The van der Waals surface area contributed by atoms with Gasteiger partial charge in [0.1, 0.15) is 0 Å². The van der Waals surface area contributed by atoms with Crippen LogP contribution in [0.2, 0.25) is 0 Å². The third kappa shape index (κ3) is 1.69. The summed E-state index contributed by atoms with van der Waals surface area (Å²) in [5.74, 6) is -0.407. The molecule has 14 heavy (non-hydrogen) atoms. The van der Waals surface area contributed by atoms with Gasteiger partial charge < -0.3 is 15.2 Å². The van der Waals surface area contributed by atoms with E-state index in [1.54, 1.807) is 0 Å². The lowest BCUT2D eigenvalue weighted by atomic mass is 9.80. The van der Waals surface area contributed by atoms with Crippen molar-refractivity contribution in [1.82, 2.24) is 0 Å². The maximum Gasteiger partial charge on any atom is 0.163 e. The van der Waals surface area contributed by atoms with Crippen molar-refractivity contribution >= 4 is 0 Å². The van der Waals surface area contributed by atoms with E-state index < -0.39 is 5.79 Å².